The van der Waals surface area contributed by atoms with Crippen LogP contribution in [0.25, 0.3) is 0 Å². The minimum absolute atomic E-state index is 0.0302. The van der Waals surface area contributed by atoms with Gasteiger partial charge in [0.15, 0.2) is 36.0 Å². The number of nitrogens with two attached hydrogens (primary N) is 4. The fourth-order valence-corrected chi connectivity index (χ4v) is 13.0. The van der Waals surface area contributed by atoms with Crippen molar-refractivity contribution in [2.45, 2.75) is 21.1 Å². The van der Waals surface area contributed by atoms with Crippen LogP contribution in [-0.4, -0.2) is 64.8 Å². The van der Waals surface area contributed by atoms with Crippen LogP contribution in [0.3, 0.4) is 0 Å². The van der Waals surface area contributed by atoms with Gasteiger partial charge in [0.1, 0.15) is 15.0 Å². The van der Waals surface area contributed by atoms with E-state index in [2.05, 4.69) is 43.8 Å². The van der Waals surface area contributed by atoms with Crippen molar-refractivity contribution >= 4 is 184 Å². The maximum atomic E-state index is 12.1. The summed E-state index contributed by atoms with van der Waals surface area (Å²) in [5, 5.41) is 5.35. The van der Waals surface area contributed by atoms with Gasteiger partial charge < -0.3 is 22.9 Å². The predicted molar refractivity (Wildman–Crippen MR) is 257 cm³/mol. The van der Waals surface area contributed by atoms with E-state index in [0.29, 0.717) is 21.4 Å². The molecule has 0 aliphatic heterocycles. The number of nitrogens with one attached hydrogen (secondary N) is 4. The second kappa shape index (κ2) is 21.8. The fourth-order valence-electron chi connectivity index (χ4n) is 3.92. The van der Waals surface area contributed by atoms with Crippen LogP contribution >= 0.6 is 103 Å². The van der Waals surface area contributed by atoms with Gasteiger partial charge in [0.2, 0.25) is 14.4 Å². The molecule has 21 nitrogen and oxygen atoms in total. The summed E-state index contributed by atoms with van der Waals surface area (Å²) < 4.78 is 102. The van der Waals surface area contributed by atoms with Gasteiger partial charge in [-0.3, -0.25) is 18.9 Å². The number of thiazole rings is 5. The Morgan fingerprint density at radius 2 is 1.03 bits per heavy atom. The second-order valence-corrected chi connectivity index (χ2v) is 24.6. The highest BCUT2D eigenvalue weighted by Gasteiger charge is 2.21. The topological polar surface area (TPSA) is 353 Å². The first kappa shape index (κ1) is 51.6. The summed E-state index contributed by atoms with van der Waals surface area (Å²) in [7, 11) is -14.3. The van der Waals surface area contributed by atoms with Crippen LogP contribution in [0.5, 0.6) is 0 Å². The van der Waals surface area contributed by atoms with E-state index in [1.54, 1.807) is 35.9 Å². The molecule has 2 aromatic carbocycles. The summed E-state index contributed by atoms with van der Waals surface area (Å²) in [6.45, 7) is 1.66. The highest BCUT2D eigenvalue weighted by atomic mass is 35.5. The van der Waals surface area contributed by atoms with Crippen LogP contribution in [0.1, 0.15) is 5.56 Å². The van der Waals surface area contributed by atoms with Crippen molar-refractivity contribution in [3.8, 4) is 0 Å². The van der Waals surface area contributed by atoms with Gasteiger partial charge in [0.05, 0.1) is 26.8 Å². The van der Waals surface area contributed by atoms with E-state index in [1.807, 2.05) is 0 Å². The number of anilines is 8. The molecular weight excluding hydrogens is 1090 g/mol. The molecule has 0 aliphatic carbocycles. The summed E-state index contributed by atoms with van der Waals surface area (Å²) in [6.07, 6.45) is 3.95. The number of rotatable bonds is 11. The molecule has 0 bridgehead atoms. The van der Waals surface area contributed by atoms with Gasteiger partial charge in [-0.25, -0.2) is 50.2 Å². The summed E-state index contributed by atoms with van der Waals surface area (Å²) in [4.78, 5) is 19.0. The Morgan fingerprint density at radius 3 is 1.46 bits per heavy atom. The first-order valence-electron chi connectivity index (χ1n) is 16.0. The Labute approximate surface area is 400 Å². The van der Waals surface area contributed by atoms with Gasteiger partial charge in [-0.05, 0) is 36.8 Å². The maximum absolute atomic E-state index is 12.1. The van der Waals surface area contributed by atoms with E-state index >= 15 is 0 Å². The zero-order valence-electron chi connectivity index (χ0n) is 31.3. The van der Waals surface area contributed by atoms with Gasteiger partial charge in [-0.2, -0.15) is 8.42 Å². The number of nitrogen functional groups attached to an aromatic ring is 4. The van der Waals surface area contributed by atoms with Crippen LogP contribution in [0.4, 0.5) is 41.2 Å². The lowest BCUT2D eigenvalue weighted by atomic mass is 10.2. The lowest BCUT2D eigenvalue weighted by Gasteiger charge is -2.10. The van der Waals surface area contributed by atoms with Gasteiger partial charge in [-0.15, -0.1) is 22.7 Å². The van der Waals surface area contributed by atoms with Crippen LogP contribution in [0.2, 0.25) is 20.5 Å². The molecule has 340 valence electrons. The maximum Gasteiger partial charge on any atom is 0.291 e. The Morgan fingerprint density at radius 1 is 0.571 bits per heavy atom. The molecule has 0 saturated heterocycles. The lowest BCUT2D eigenvalue weighted by molar-refractivity contribution is 0.598. The highest BCUT2D eigenvalue weighted by molar-refractivity contribution is 7.95. The van der Waals surface area contributed by atoms with E-state index in [4.69, 9.17) is 69.3 Å². The number of sulfonamides is 4. The van der Waals surface area contributed by atoms with Crippen molar-refractivity contribution < 1.29 is 33.7 Å². The van der Waals surface area contributed by atoms with Crippen molar-refractivity contribution in [1.29, 1.82) is 0 Å². The minimum Gasteiger partial charge on any atom is -0.398 e. The predicted octanol–water partition coefficient (Wildman–Crippen LogP) is 7.05. The van der Waals surface area contributed by atoms with Crippen molar-refractivity contribution in [1.82, 2.24) is 24.9 Å². The zero-order chi connectivity index (χ0) is 46.9. The van der Waals surface area contributed by atoms with Gasteiger partial charge >= 0.3 is 0 Å². The van der Waals surface area contributed by atoms with Gasteiger partial charge in [0, 0.05) is 23.2 Å². The molecule has 0 fully saturated rings. The van der Waals surface area contributed by atoms with E-state index < -0.39 is 40.1 Å². The average molecular weight is 1120 g/mol. The Balaban J connectivity index is 0.000000186. The number of aryl methyl sites for hydroxylation is 1. The van der Waals surface area contributed by atoms with Crippen LogP contribution in [-0.2, 0) is 40.1 Å². The normalized spacial score (nSPS) is 11.5. The van der Waals surface area contributed by atoms with Gasteiger partial charge in [-0.1, -0.05) is 98.6 Å². The molecule has 34 heteroatoms. The van der Waals surface area contributed by atoms with Gasteiger partial charge in [0.25, 0.3) is 30.1 Å². The summed E-state index contributed by atoms with van der Waals surface area (Å²) >= 11 is 27.7. The number of aromatic nitrogens is 5. The monoisotopic (exact) mass is 1110 g/mol. The first-order chi connectivity index (χ1) is 29.3. The van der Waals surface area contributed by atoms with E-state index in [9.17, 15) is 33.7 Å². The molecule has 0 aliphatic rings. The van der Waals surface area contributed by atoms with Crippen molar-refractivity contribution in [2.24, 2.45) is 0 Å². The smallest absolute Gasteiger partial charge is 0.291 e. The standard InChI is InChI=1S/C10H10ClN3O2S2.C9H8ClN3O2S2.C6H5ClN4O2S3.C4H6ClN3O2S2/c1-6-4-8(12)7(11)5-9(6)18(15,16)14-10-13-2-3-17-10;10-7-8(11)16-9(12-7)13-17(14,15)6-4-2-1-3-5-6;7-3-4(8)15-5(10-3)11-16(12,13)6-9-1-2-14-6;1-12(9,10)8-4-7-2(5)3(6)11-4/h2-5H,12H2,1H3,(H,13,14);1-5H,11H2,(H,12,13);1-2H,8H2,(H,10,11);6H2,1H3,(H,7,8). The highest BCUT2D eigenvalue weighted by Crippen LogP contribution is 2.33. The van der Waals surface area contributed by atoms with Crippen LogP contribution in [0, 0.1) is 6.92 Å². The third kappa shape index (κ3) is 15.6. The fraction of sp³-hybridized carbons (Fsp3) is 0.0690. The second-order valence-electron chi connectivity index (χ2n) is 11.3. The Hall–Kier alpha value is -4.05. The molecule has 0 spiro atoms. The molecule has 7 aromatic rings. The molecule has 0 amide bonds. The van der Waals surface area contributed by atoms with E-state index in [-0.39, 0.29) is 60.0 Å². The number of halogens is 4. The first-order valence-corrected chi connectivity index (χ1v) is 28.0. The molecule has 0 atom stereocenters. The third-order valence-corrected chi connectivity index (χ3v) is 17.5. The van der Waals surface area contributed by atoms with Crippen molar-refractivity contribution in [3.05, 3.63) is 91.7 Å². The van der Waals surface area contributed by atoms with Crippen LogP contribution in [0.15, 0.2) is 79.7 Å². The lowest BCUT2D eigenvalue weighted by Crippen LogP contribution is -2.14. The minimum atomic E-state index is -3.70. The number of hydrogen-bond acceptors (Lipinski definition) is 22. The molecule has 12 N–H and O–H groups in total. The SMILES string of the molecule is CS(=O)(=O)Nc1nc(Cl)c(N)s1.Cc1cc(N)c(Cl)cc1S(=O)(=O)Nc1nccs1.Nc1sc(NS(=O)(=O)c2ccccc2)nc1Cl.Nc1sc(NS(=O)(=O)c2nccs2)nc1Cl. The van der Waals surface area contributed by atoms with Crippen LogP contribution < -0.4 is 41.8 Å². The summed E-state index contributed by atoms with van der Waals surface area (Å²) in [5.74, 6) is 0. The number of benzene rings is 2. The van der Waals surface area contributed by atoms with Crippen molar-refractivity contribution in [3.63, 3.8) is 0 Å². The van der Waals surface area contributed by atoms with E-state index in [0.717, 1.165) is 51.6 Å². The number of hydrogen-bond donors (Lipinski definition) is 8. The molecule has 63 heavy (non-hydrogen) atoms. The molecule has 5 heterocycles. The zero-order valence-corrected chi connectivity index (χ0v) is 41.7. The number of nitrogens with zero attached hydrogens (tertiary/aromatic N) is 5. The molecule has 7 rings (SSSR count). The van der Waals surface area contributed by atoms with E-state index in [1.165, 1.54) is 48.0 Å². The molecule has 0 unspecified atom stereocenters. The van der Waals surface area contributed by atoms with Crippen molar-refractivity contribution in [2.75, 3.05) is 48.1 Å². The average Bonchev–Trinajstić information content (AvgIpc) is 4.03. The Kier molecular flexibility index (Phi) is 17.8. The summed E-state index contributed by atoms with van der Waals surface area (Å²) in [5.41, 5.74) is 22.8. The largest absolute Gasteiger partial charge is 0.398 e. The summed E-state index contributed by atoms with van der Waals surface area (Å²) in [6, 6.07) is 10.8. The molecule has 0 radical (unpaired) electrons. The molecular formula is C29H29Cl4N13O8S9. The molecule has 0 saturated carbocycles. The molecule has 5 aromatic heterocycles. The third-order valence-electron chi connectivity index (χ3n) is 6.48. The quantitative estimate of drug-likeness (QED) is 0.0601. The Bertz CT molecular complexity index is 3040.